The Hall–Kier alpha value is -2.69. The standard InChI is InChI=1S/C19H19F3N4O3S/c1-30(28,29)13-4-2-12(3-5-13)10-26-14-6-7-25(15(14)8-18(26)27)17-9-16(19(20,21)22)23-11-24-17/h2-5,9,11,14-15H,6-8,10H2,1H3/t14-,15-/m0/s1. The number of carbonyl (C=O) groups is 1. The van der Waals surface area contributed by atoms with E-state index in [1.54, 1.807) is 21.9 Å². The van der Waals surface area contributed by atoms with Crippen LogP contribution in [0.3, 0.4) is 0 Å². The Morgan fingerprint density at radius 3 is 2.47 bits per heavy atom. The Morgan fingerprint density at radius 2 is 1.83 bits per heavy atom. The lowest BCUT2D eigenvalue weighted by atomic mass is 10.1. The number of benzene rings is 1. The Balaban J connectivity index is 1.52. The van der Waals surface area contributed by atoms with E-state index < -0.39 is 21.7 Å². The van der Waals surface area contributed by atoms with Crippen molar-refractivity contribution in [1.82, 2.24) is 14.9 Å². The summed E-state index contributed by atoms with van der Waals surface area (Å²) in [7, 11) is -3.30. The van der Waals surface area contributed by atoms with E-state index >= 15 is 0 Å². The second-order valence-corrected chi connectivity index (χ2v) is 9.53. The van der Waals surface area contributed by atoms with Crippen LogP contribution in [0.1, 0.15) is 24.1 Å². The Morgan fingerprint density at radius 1 is 1.13 bits per heavy atom. The highest BCUT2D eigenvalue weighted by atomic mass is 32.2. The summed E-state index contributed by atoms with van der Waals surface area (Å²) in [6.07, 6.45) is -1.74. The molecule has 0 bridgehead atoms. The van der Waals surface area contributed by atoms with Crippen LogP contribution in [-0.2, 0) is 27.4 Å². The molecule has 2 aliphatic rings. The van der Waals surface area contributed by atoms with Gasteiger partial charge in [0.2, 0.25) is 5.91 Å². The summed E-state index contributed by atoms with van der Waals surface area (Å²) >= 11 is 0. The van der Waals surface area contributed by atoms with Gasteiger partial charge in [0.05, 0.1) is 17.0 Å². The Bertz CT molecular complexity index is 1070. The van der Waals surface area contributed by atoms with Gasteiger partial charge in [-0.1, -0.05) is 12.1 Å². The van der Waals surface area contributed by atoms with Crippen molar-refractivity contribution in [1.29, 1.82) is 0 Å². The van der Waals surface area contributed by atoms with Crippen molar-refractivity contribution in [2.24, 2.45) is 0 Å². The molecule has 2 saturated heterocycles. The van der Waals surface area contributed by atoms with Crippen LogP contribution in [0.15, 0.2) is 41.6 Å². The van der Waals surface area contributed by atoms with E-state index in [1.165, 1.54) is 12.1 Å². The molecule has 0 radical (unpaired) electrons. The van der Waals surface area contributed by atoms with Gasteiger partial charge in [-0.25, -0.2) is 18.4 Å². The number of anilines is 1. The third-order valence-electron chi connectivity index (χ3n) is 5.56. The first-order chi connectivity index (χ1) is 14.0. The topological polar surface area (TPSA) is 83.5 Å². The van der Waals surface area contributed by atoms with Crippen molar-refractivity contribution in [3.8, 4) is 0 Å². The second kappa shape index (κ2) is 7.22. The SMILES string of the molecule is CS(=O)(=O)c1ccc(CN2C(=O)C[C@H]3[C@@H]2CCN3c2cc(C(F)(F)F)ncn2)cc1. The van der Waals surface area contributed by atoms with Crippen molar-refractivity contribution in [2.75, 3.05) is 17.7 Å². The number of hydrogen-bond acceptors (Lipinski definition) is 6. The number of amides is 1. The summed E-state index contributed by atoms with van der Waals surface area (Å²) in [5.74, 6) is 0.0731. The monoisotopic (exact) mass is 440 g/mol. The normalized spacial score (nSPS) is 21.9. The molecule has 2 aromatic rings. The summed E-state index contributed by atoms with van der Waals surface area (Å²) in [4.78, 5) is 23.6. The molecule has 0 saturated carbocycles. The maximum Gasteiger partial charge on any atom is 0.433 e. The predicted octanol–water partition coefficient (Wildman–Crippen LogP) is 2.28. The molecule has 30 heavy (non-hydrogen) atoms. The van der Waals surface area contributed by atoms with Gasteiger partial charge in [-0.2, -0.15) is 13.2 Å². The van der Waals surface area contributed by atoms with Crippen molar-refractivity contribution >= 4 is 21.6 Å². The van der Waals surface area contributed by atoms with Gasteiger partial charge in [-0.15, -0.1) is 0 Å². The first-order valence-electron chi connectivity index (χ1n) is 9.28. The molecule has 3 heterocycles. The molecule has 7 nitrogen and oxygen atoms in total. The number of halogens is 3. The zero-order chi connectivity index (χ0) is 21.7. The van der Waals surface area contributed by atoms with Crippen LogP contribution in [0.25, 0.3) is 0 Å². The molecule has 1 amide bonds. The number of aromatic nitrogens is 2. The number of alkyl halides is 3. The van der Waals surface area contributed by atoms with Crippen LogP contribution in [0.4, 0.5) is 19.0 Å². The zero-order valence-electron chi connectivity index (χ0n) is 16.0. The fourth-order valence-electron chi connectivity index (χ4n) is 4.12. The van der Waals surface area contributed by atoms with Crippen molar-refractivity contribution in [3.05, 3.63) is 47.9 Å². The number of sulfone groups is 1. The van der Waals surface area contributed by atoms with E-state index in [0.29, 0.717) is 19.5 Å². The lowest BCUT2D eigenvalue weighted by molar-refractivity contribution is -0.141. The summed E-state index contributed by atoms with van der Waals surface area (Å²) in [5.41, 5.74) is -0.223. The van der Waals surface area contributed by atoms with E-state index in [1.807, 2.05) is 0 Å². The third-order valence-corrected chi connectivity index (χ3v) is 6.68. The minimum Gasteiger partial charge on any atom is -0.351 e. The van der Waals surface area contributed by atoms with Gasteiger partial charge in [-0.05, 0) is 24.1 Å². The summed E-state index contributed by atoms with van der Waals surface area (Å²) in [6, 6.07) is 6.86. The summed E-state index contributed by atoms with van der Waals surface area (Å²) < 4.78 is 62.1. The molecule has 2 fully saturated rings. The minimum absolute atomic E-state index is 0.0907. The average Bonchev–Trinajstić information content (AvgIpc) is 3.20. The minimum atomic E-state index is -4.56. The summed E-state index contributed by atoms with van der Waals surface area (Å²) in [6.45, 7) is 0.801. The van der Waals surface area contributed by atoms with Crippen LogP contribution in [0.5, 0.6) is 0 Å². The van der Waals surface area contributed by atoms with Crippen LogP contribution < -0.4 is 4.90 Å². The molecule has 11 heteroatoms. The van der Waals surface area contributed by atoms with Gasteiger partial charge in [0.1, 0.15) is 17.8 Å². The van der Waals surface area contributed by atoms with E-state index in [9.17, 15) is 26.4 Å². The highest BCUT2D eigenvalue weighted by Crippen LogP contribution is 2.37. The Kier molecular flexibility index (Phi) is 4.95. The molecular weight excluding hydrogens is 421 g/mol. The highest BCUT2D eigenvalue weighted by Gasteiger charge is 2.47. The van der Waals surface area contributed by atoms with Crippen molar-refractivity contribution < 1.29 is 26.4 Å². The largest absolute Gasteiger partial charge is 0.433 e. The number of carbonyl (C=O) groups excluding carboxylic acids is 1. The van der Waals surface area contributed by atoms with Crippen LogP contribution in [0.2, 0.25) is 0 Å². The van der Waals surface area contributed by atoms with Crippen LogP contribution in [-0.4, -0.2) is 54.1 Å². The first-order valence-corrected chi connectivity index (χ1v) is 11.2. The lowest BCUT2D eigenvalue weighted by Gasteiger charge is -2.26. The molecule has 160 valence electrons. The number of rotatable bonds is 4. The second-order valence-electron chi connectivity index (χ2n) is 7.52. The molecule has 1 aromatic carbocycles. The molecule has 0 N–H and O–H groups in total. The molecule has 0 aliphatic carbocycles. The lowest BCUT2D eigenvalue weighted by Crippen LogP contribution is -2.37. The van der Waals surface area contributed by atoms with Gasteiger partial charge in [0, 0.05) is 31.8 Å². The molecule has 1 aromatic heterocycles. The average molecular weight is 440 g/mol. The Labute approximate surface area is 171 Å². The molecule has 0 spiro atoms. The first kappa shape index (κ1) is 20.6. The smallest absolute Gasteiger partial charge is 0.351 e. The van der Waals surface area contributed by atoms with Crippen LogP contribution >= 0.6 is 0 Å². The van der Waals surface area contributed by atoms with Crippen molar-refractivity contribution in [2.45, 2.75) is 42.5 Å². The third kappa shape index (κ3) is 3.85. The summed E-state index contributed by atoms with van der Waals surface area (Å²) in [5, 5.41) is 0. The van der Waals surface area contributed by atoms with E-state index in [2.05, 4.69) is 9.97 Å². The molecule has 2 aliphatic heterocycles. The zero-order valence-corrected chi connectivity index (χ0v) is 16.8. The van der Waals surface area contributed by atoms with Gasteiger partial charge in [0.15, 0.2) is 9.84 Å². The van der Waals surface area contributed by atoms with Gasteiger partial charge < -0.3 is 9.80 Å². The van der Waals surface area contributed by atoms with Gasteiger partial charge >= 0.3 is 6.18 Å². The van der Waals surface area contributed by atoms with Gasteiger partial charge in [-0.3, -0.25) is 4.79 Å². The number of fused-ring (bicyclic) bond motifs is 1. The van der Waals surface area contributed by atoms with Gasteiger partial charge in [0.25, 0.3) is 0 Å². The fourth-order valence-corrected chi connectivity index (χ4v) is 4.75. The predicted molar refractivity (Wildman–Crippen MR) is 101 cm³/mol. The molecule has 4 rings (SSSR count). The van der Waals surface area contributed by atoms with Crippen LogP contribution in [0, 0.1) is 0 Å². The number of nitrogens with zero attached hydrogens (tertiary/aromatic N) is 4. The number of hydrogen-bond donors (Lipinski definition) is 0. The fraction of sp³-hybridized carbons (Fsp3) is 0.421. The number of likely N-dealkylation sites (tertiary alicyclic amines) is 1. The van der Waals surface area contributed by atoms with E-state index in [-0.39, 0.29) is 35.1 Å². The molecular formula is C19H19F3N4O3S. The molecule has 0 unspecified atom stereocenters. The maximum atomic E-state index is 13.0. The molecule has 2 atom stereocenters. The maximum absolute atomic E-state index is 13.0. The highest BCUT2D eigenvalue weighted by molar-refractivity contribution is 7.90. The van der Waals surface area contributed by atoms with Crippen molar-refractivity contribution in [3.63, 3.8) is 0 Å². The quantitative estimate of drug-likeness (QED) is 0.726. The van der Waals surface area contributed by atoms with E-state index in [4.69, 9.17) is 0 Å². The van der Waals surface area contributed by atoms with E-state index in [0.717, 1.165) is 24.2 Å².